The number of hydrogen-bond donors (Lipinski definition) is 2. The van der Waals surface area contributed by atoms with Crippen LogP contribution in [0.15, 0.2) is 48.5 Å². The number of rotatable bonds is 6. The van der Waals surface area contributed by atoms with E-state index in [4.69, 9.17) is 0 Å². The van der Waals surface area contributed by atoms with Crippen molar-refractivity contribution < 1.29 is 14.0 Å². The lowest BCUT2D eigenvalue weighted by atomic mass is 10.1. The third kappa shape index (κ3) is 4.18. The van der Waals surface area contributed by atoms with Gasteiger partial charge in [-0.15, -0.1) is 0 Å². The summed E-state index contributed by atoms with van der Waals surface area (Å²) >= 11 is 0. The van der Waals surface area contributed by atoms with Crippen molar-refractivity contribution in [2.24, 2.45) is 11.8 Å². The van der Waals surface area contributed by atoms with Gasteiger partial charge in [-0.05, 0) is 67.5 Å². The second-order valence-electron chi connectivity index (χ2n) is 7.62. The van der Waals surface area contributed by atoms with E-state index in [1.54, 1.807) is 12.1 Å². The van der Waals surface area contributed by atoms with Gasteiger partial charge in [0.1, 0.15) is 5.82 Å². The van der Waals surface area contributed by atoms with E-state index >= 15 is 0 Å². The predicted octanol–water partition coefficient (Wildman–Crippen LogP) is 4.16. The summed E-state index contributed by atoms with van der Waals surface area (Å²) < 4.78 is 13.0. The van der Waals surface area contributed by atoms with E-state index in [1.165, 1.54) is 12.1 Å². The topological polar surface area (TPSA) is 58.2 Å². The molecule has 3 unspecified atom stereocenters. The maximum absolute atomic E-state index is 13.0. The van der Waals surface area contributed by atoms with Crippen LogP contribution in [0.3, 0.4) is 0 Å². The van der Waals surface area contributed by atoms with E-state index in [1.807, 2.05) is 31.2 Å². The molecule has 0 aliphatic heterocycles. The van der Waals surface area contributed by atoms with Crippen LogP contribution in [0.4, 0.5) is 10.1 Å². The highest BCUT2D eigenvalue weighted by atomic mass is 19.1. The van der Waals surface area contributed by atoms with Crippen LogP contribution in [-0.2, 0) is 9.59 Å². The maximum atomic E-state index is 13.0. The van der Waals surface area contributed by atoms with E-state index in [0.29, 0.717) is 0 Å². The number of amides is 2. The summed E-state index contributed by atoms with van der Waals surface area (Å²) in [5, 5.41) is 5.97. The van der Waals surface area contributed by atoms with E-state index in [-0.39, 0.29) is 41.4 Å². The average molecular weight is 366 g/mol. The standard InChI is InChI=1S/C22H23FN2O2/c1-13(14-6-10-18(11-7-14)25-21(26)16-2-3-16)24-22(27)20-12-19(20)15-4-8-17(23)9-5-15/h4-11,13,16,19-20H,2-3,12H2,1H3,(H,24,27)(H,25,26). The van der Waals surface area contributed by atoms with Crippen LogP contribution in [-0.4, -0.2) is 11.8 Å². The van der Waals surface area contributed by atoms with Crippen LogP contribution in [0.2, 0.25) is 0 Å². The Balaban J connectivity index is 1.30. The third-order valence-corrected chi connectivity index (χ3v) is 5.41. The van der Waals surface area contributed by atoms with Crippen molar-refractivity contribution in [3.63, 3.8) is 0 Å². The summed E-state index contributed by atoms with van der Waals surface area (Å²) in [6, 6.07) is 13.9. The summed E-state index contributed by atoms with van der Waals surface area (Å²) in [6.07, 6.45) is 2.76. The Bertz CT molecular complexity index is 844. The molecule has 2 fully saturated rings. The van der Waals surface area contributed by atoms with Crippen molar-refractivity contribution in [2.45, 2.75) is 38.1 Å². The fraction of sp³-hybridized carbons (Fsp3) is 0.364. The molecule has 140 valence electrons. The zero-order valence-corrected chi connectivity index (χ0v) is 15.2. The van der Waals surface area contributed by atoms with Gasteiger partial charge < -0.3 is 10.6 Å². The summed E-state index contributed by atoms with van der Waals surface area (Å²) in [7, 11) is 0. The van der Waals surface area contributed by atoms with Gasteiger partial charge in [-0.1, -0.05) is 24.3 Å². The van der Waals surface area contributed by atoms with Gasteiger partial charge in [-0.3, -0.25) is 9.59 Å². The second kappa shape index (κ2) is 7.14. The lowest BCUT2D eigenvalue weighted by molar-refractivity contribution is -0.123. The number of carbonyl (C=O) groups is 2. The Kier molecular flexibility index (Phi) is 4.68. The number of halogens is 1. The molecule has 3 atom stereocenters. The first kappa shape index (κ1) is 17.7. The summed E-state index contributed by atoms with van der Waals surface area (Å²) in [4.78, 5) is 24.3. The van der Waals surface area contributed by atoms with Gasteiger partial charge in [0, 0.05) is 17.5 Å². The van der Waals surface area contributed by atoms with Crippen LogP contribution in [0.1, 0.15) is 49.3 Å². The lowest BCUT2D eigenvalue weighted by Gasteiger charge is -2.15. The Hall–Kier alpha value is -2.69. The first-order valence-electron chi connectivity index (χ1n) is 9.48. The third-order valence-electron chi connectivity index (χ3n) is 5.41. The number of carbonyl (C=O) groups excluding carboxylic acids is 2. The summed E-state index contributed by atoms with van der Waals surface area (Å²) in [6.45, 7) is 1.95. The van der Waals surface area contributed by atoms with Crippen molar-refractivity contribution in [1.29, 1.82) is 0 Å². The minimum Gasteiger partial charge on any atom is -0.349 e. The van der Waals surface area contributed by atoms with Crippen LogP contribution < -0.4 is 10.6 Å². The molecule has 2 amide bonds. The first-order chi connectivity index (χ1) is 13.0. The molecule has 2 aromatic rings. The van der Waals surface area contributed by atoms with Gasteiger partial charge in [0.05, 0.1) is 6.04 Å². The summed E-state index contributed by atoms with van der Waals surface area (Å²) in [5.41, 5.74) is 2.79. The number of hydrogen-bond acceptors (Lipinski definition) is 2. The molecule has 0 spiro atoms. The van der Waals surface area contributed by atoms with Crippen LogP contribution in [0.5, 0.6) is 0 Å². The minimum absolute atomic E-state index is 0.0305. The zero-order chi connectivity index (χ0) is 19.0. The van der Waals surface area contributed by atoms with Gasteiger partial charge in [-0.2, -0.15) is 0 Å². The molecule has 5 heteroatoms. The molecule has 2 N–H and O–H groups in total. The second-order valence-corrected chi connectivity index (χ2v) is 7.62. The molecule has 0 saturated heterocycles. The molecule has 4 rings (SSSR count). The fourth-order valence-corrected chi connectivity index (χ4v) is 3.41. The van der Waals surface area contributed by atoms with Gasteiger partial charge in [-0.25, -0.2) is 4.39 Å². The van der Waals surface area contributed by atoms with Crippen molar-refractivity contribution in [3.05, 3.63) is 65.5 Å². The molecule has 0 radical (unpaired) electrons. The maximum Gasteiger partial charge on any atom is 0.227 e. The Morgan fingerprint density at radius 3 is 2.30 bits per heavy atom. The van der Waals surface area contributed by atoms with Crippen LogP contribution in [0.25, 0.3) is 0 Å². The fourth-order valence-electron chi connectivity index (χ4n) is 3.41. The molecule has 0 bridgehead atoms. The Morgan fingerprint density at radius 1 is 1.00 bits per heavy atom. The zero-order valence-electron chi connectivity index (χ0n) is 15.2. The highest BCUT2D eigenvalue weighted by Gasteiger charge is 2.44. The molecule has 0 heterocycles. The molecule has 4 nitrogen and oxygen atoms in total. The van der Waals surface area contributed by atoms with E-state index in [0.717, 1.165) is 36.1 Å². The number of nitrogens with one attached hydrogen (secondary N) is 2. The van der Waals surface area contributed by atoms with Crippen molar-refractivity contribution in [1.82, 2.24) is 5.32 Å². The smallest absolute Gasteiger partial charge is 0.227 e. The van der Waals surface area contributed by atoms with Crippen molar-refractivity contribution >= 4 is 17.5 Å². The molecular weight excluding hydrogens is 343 g/mol. The molecule has 2 aliphatic rings. The quantitative estimate of drug-likeness (QED) is 0.807. The largest absolute Gasteiger partial charge is 0.349 e. The van der Waals surface area contributed by atoms with E-state index in [2.05, 4.69) is 10.6 Å². The predicted molar refractivity (Wildman–Crippen MR) is 102 cm³/mol. The average Bonchev–Trinajstić information content (AvgIpc) is 3.56. The van der Waals surface area contributed by atoms with Crippen molar-refractivity contribution in [3.8, 4) is 0 Å². The van der Waals surface area contributed by atoms with E-state index < -0.39 is 0 Å². The van der Waals surface area contributed by atoms with Gasteiger partial charge in [0.25, 0.3) is 0 Å². The molecular formula is C22H23FN2O2. The molecule has 27 heavy (non-hydrogen) atoms. The number of benzene rings is 2. The van der Waals surface area contributed by atoms with E-state index in [9.17, 15) is 14.0 Å². The number of anilines is 1. The molecule has 2 aliphatic carbocycles. The molecule has 2 aromatic carbocycles. The first-order valence-corrected chi connectivity index (χ1v) is 9.48. The highest BCUT2D eigenvalue weighted by molar-refractivity contribution is 5.94. The molecule has 0 aromatic heterocycles. The van der Waals surface area contributed by atoms with Crippen molar-refractivity contribution in [2.75, 3.05) is 5.32 Å². The van der Waals surface area contributed by atoms with Crippen LogP contribution in [0, 0.1) is 17.7 Å². The lowest BCUT2D eigenvalue weighted by Crippen LogP contribution is -2.28. The highest BCUT2D eigenvalue weighted by Crippen LogP contribution is 2.47. The van der Waals surface area contributed by atoms with Crippen LogP contribution >= 0.6 is 0 Å². The normalized spacial score (nSPS) is 22.0. The van der Waals surface area contributed by atoms with Gasteiger partial charge in [0.2, 0.25) is 11.8 Å². The summed E-state index contributed by atoms with van der Waals surface area (Å²) in [5.74, 6) is 0.168. The van der Waals surface area contributed by atoms with Gasteiger partial charge >= 0.3 is 0 Å². The SMILES string of the molecule is CC(NC(=O)C1CC1c1ccc(F)cc1)c1ccc(NC(=O)C2CC2)cc1. The monoisotopic (exact) mass is 366 g/mol. The minimum atomic E-state index is -0.259. The Labute approximate surface area is 158 Å². The Morgan fingerprint density at radius 2 is 1.67 bits per heavy atom. The molecule has 2 saturated carbocycles. The van der Waals surface area contributed by atoms with Gasteiger partial charge in [0.15, 0.2) is 0 Å².